The van der Waals surface area contributed by atoms with Crippen LogP contribution in [0.4, 0.5) is 0 Å². The normalized spacial score (nSPS) is 22.6. The molecule has 9 nitrogen and oxygen atoms in total. The van der Waals surface area contributed by atoms with Crippen molar-refractivity contribution in [1.82, 2.24) is 0 Å². The first-order chi connectivity index (χ1) is 7.90. The molecule has 0 aromatic carbocycles. The van der Waals surface area contributed by atoms with Gasteiger partial charge in [0.25, 0.3) is 12.1 Å². The van der Waals surface area contributed by atoms with Crippen LogP contribution < -0.4 is 0 Å². The minimum atomic E-state index is -2.24. The van der Waals surface area contributed by atoms with E-state index in [1.54, 1.807) is 0 Å². The maximum Gasteiger partial charge on any atom is 0.289 e. The van der Waals surface area contributed by atoms with Gasteiger partial charge in [-0.1, -0.05) is 0 Å². The number of aliphatic hydroxyl groups is 5. The third-order valence-electron chi connectivity index (χ3n) is 2.17. The van der Waals surface area contributed by atoms with Crippen molar-refractivity contribution in [2.75, 3.05) is 6.61 Å². The molecule has 9 heteroatoms. The largest absolute Gasteiger partial charge is 0.394 e. The summed E-state index contributed by atoms with van der Waals surface area (Å²) in [7, 11) is 0. The number of hydrogen-bond donors (Lipinski definition) is 5. The molecule has 0 radical (unpaired) electrons. The third kappa shape index (κ3) is 3.26. The van der Waals surface area contributed by atoms with E-state index in [1.807, 2.05) is 0 Å². The van der Waals surface area contributed by atoms with Gasteiger partial charge in [-0.15, -0.1) is 0 Å². The molecule has 1 heterocycles. The first-order valence-corrected chi connectivity index (χ1v) is 4.63. The summed E-state index contributed by atoms with van der Waals surface area (Å²) in [6.07, 6.45) is -9.49. The predicted octanol–water partition coefficient (Wildman–Crippen LogP) is -4.15. The van der Waals surface area contributed by atoms with Gasteiger partial charge in [0.1, 0.15) is 24.4 Å². The molecule has 0 unspecified atom stereocenters. The van der Waals surface area contributed by atoms with Crippen LogP contribution in [0.15, 0.2) is 0 Å². The van der Waals surface area contributed by atoms with Crippen LogP contribution in [-0.2, 0) is 19.4 Å². The topological polar surface area (TPSA) is 160 Å². The van der Waals surface area contributed by atoms with Gasteiger partial charge in [0.15, 0.2) is 0 Å². The Kier molecular flexibility index (Phi) is 4.65. The number of carbonyl (C=O) groups is 2. The predicted molar refractivity (Wildman–Crippen MR) is 47.1 cm³/mol. The summed E-state index contributed by atoms with van der Waals surface area (Å²) in [5.74, 6) is -2.65. The summed E-state index contributed by atoms with van der Waals surface area (Å²) in [5, 5.41) is 45.2. The number of rotatable bonds is 7. The molecule has 0 bridgehead atoms. The molecule has 98 valence electrons. The van der Waals surface area contributed by atoms with Crippen molar-refractivity contribution in [2.45, 2.75) is 30.7 Å². The molecule has 0 saturated carbocycles. The van der Waals surface area contributed by atoms with Gasteiger partial charge in [0.2, 0.25) is 5.78 Å². The Balaban J connectivity index is 2.58. The Hall–Kier alpha value is -0.940. The lowest BCUT2D eigenvalue weighted by molar-refractivity contribution is -0.154. The summed E-state index contributed by atoms with van der Waals surface area (Å²) in [5.41, 5.74) is 0. The first kappa shape index (κ1) is 14.1. The van der Waals surface area contributed by atoms with Crippen LogP contribution in [0, 0.1) is 0 Å². The summed E-state index contributed by atoms with van der Waals surface area (Å²) in [6, 6.07) is 0. The molecule has 0 spiro atoms. The molecule has 1 rings (SSSR count). The molecular formula is C8H12O9. The fourth-order valence-electron chi connectivity index (χ4n) is 1.05. The Bertz CT molecular complexity index is 299. The van der Waals surface area contributed by atoms with Crippen molar-refractivity contribution in [1.29, 1.82) is 0 Å². The molecule has 0 aromatic rings. The summed E-state index contributed by atoms with van der Waals surface area (Å²) in [6.45, 7) is -0.887. The zero-order valence-electron chi connectivity index (χ0n) is 8.46. The van der Waals surface area contributed by atoms with E-state index in [-0.39, 0.29) is 0 Å². The highest BCUT2D eigenvalue weighted by Gasteiger charge is 2.45. The molecule has 17 heavy (non-hydrogen) atoms. The number of ketones is 2. The molecule has 0 aliphatic carbocycles. The van der Waals surface area contributed by atoms with E-state index in [1.165, 1.54) is 0 Å². The monoisotopic (exact) mass is 252 g/mol. The zero-order chi connectivity index (χ0) is 13.2. The summed E-state index contributed by atoms with van der Waals surface area (Å²) < 4.78 is 0. The van der Waals surface area contributed by atoms with Gasteiger partial charge in [0.05, 0.1) is 6.61 Å². The van der Waals surface area contributed by atoms with Crippen molar-refractivity contribution in [3.05, 3.63) is 0 Å². The lowest BCUT2D eigenvalue weighted by Crippen LogP contribution is -2.50. The van der Waals surface area contributed by atoms with Crippen molar-refractivity contribution >= 4 is 11.6 Å². The first-order valence-electron chi connectivity index (χ1n) is 4.63. The molecule has 0 amide bonds. The van der Waals surface area contributed by atoms with Gasteiger partial charge in [-0.25, -0.2) is 0 Å². The minimum absolute atomic E-state index is 0.887. The smallest absolute Gasteiger partial charge is 0.289 e. The lowest BCUT2D eigenvalue weighted by atomic mass is 9.98. The second-order valence-electron chi connectivity index (χ2n) is 3.43. The van der Waals surface area contributed by atoms with Crippen molar-refractivity contribution in [3.8, 4) is 0 Å². The Labute approximate surface area is 94.7 Å². The summed E-state index contributed by atoms with van der Waals surface area (Å²) >= 11 is 0. The number of Topliss-reactive ketones (excluding diaryl/α,β-unsaturated/α-hetero) is 2. The molecule has 4 atom stereocenters. The maximum absolute atomic E-state index is 11.2. The number of aliphatic hydroxyl groups excluding tert-OH is 5. The summed E-state index contributed by atoms with van der Waals surface area (Å²) in [4.78, 5) is 30.3. The van der Waals surface area contributed by atoms with E-state index in [2.05, 4.69) is 9.78 Å². The molecular weight excluding hydrogens is 240 g/mol. The van der Waals surface area contributed by atoms with Crippen LogP contribution in [0.5, 0.6) is 0 Å². The number of carbonyl (C=O) groups excluding carboxylic acids is 2. The minimum Gasteiger partial charge on any atom is -0.394 e. The van der Waals surface area contributed by atoms with Crippen LogP contribution in [0.2, 0.25) is 0 Å². The number of hydrogen-bond acceptors (Lipinski definition) is 9. The highest BCUT2D eigenvalue weighted by molar-refractivity contribution is 6.40. The van der Waals surface area contributed by atoms with Gasteiger partial charge < -0.3 is 25.5 Å². The fraction of sp³-hybridized carbons (Fsp3) is 0.750. The highest BCUT2D eigenvalue weighted by Crippen LogP contribution is 2.15. The molecule has 1 aliphatic heterocycles. The van der Waals surface area contributed by atoms with E-state index in [0.29, 0.717) is 0 Å². The van der Waals surface area contributed by atoms with Crippen LogP contribution >= 0.6 is 0 Å². The molecule has 1 saturated heterocycles. The lowest BCUT2D eigenvalue weighted by Gasteiger charge is -2.24. The molecule has 5 N–H and O–H groups in total. The van der Waals surface area contributed by atoms with Crippen molar-refractivity contribution in [2.24, 2.45) is 0 Å². The van der Waals surface area contributed by atoms with Crippen LogP contribution in [0.1, 0.15) is 0 Å². The Morgan fingerprint density at radius 1 is 1.06 bits per heavy atom. The van der Waals surface area contributed by atoms with E-state index >= 15 is 0 Å². The van der Waals surface area contributed by atoms with Gasteiger partial charge in [0, 0.05) is 0 Å². The zero-order valence-corrected chi connectivity index (χ0v) is 8.46. The standard InChI is InChI=1S/C8H12O9/c9-1-2(10)3(11)4(12)5(13)6(14)7(15)8-16-17-8/h2-5,8-13H,1H2/t2-,3+,4+,5-/m1/s1. The van der Waals surface area contributed by atoms with Gasteiger partial charge >= 0.3 is 0 Å². The van der Waals surface area contributed by atoms with Gasteiger partial charge in [-0.2, -0.15) is 9.78 Å². The molecule has 1 aliphatic rings. The third-order valence-corrected chi connectivity index (χ3v) is 2.17. The second kappa shape index (κ2) is 5.60. The Morgan fingerprint density at radius 3 is 2.00 bits per heavy atom. The van der Waals surface area contributed by atoms with E-state index in [9.17, 15) is 24.9 Å². The fourth-order valence-corrected chi connectivity index (χ4v) is 1.05. The SMILES string of the molecule is O=C(C(=O)[C@H](O)[C@@H](O)[C@@H](O)[C@H](O)CO)C1OO1. The quantitative estimate of drug-likeness (QED) is 0.172. The van der Waals surface area contributed by atoms with E-state index < -0.39 is 48.9 Å². The average molecular weight is 252 g/mol. The Morgan fingerprint density at radius 2 is 1.59 bits per heavy atom. The van der Waals surface area contributed by atoms with Gasteiger partial charge in [-0.3, -0.25) is 9.59 Å². The van der Waals surface area contributed by atoms with Gasteiger partial charge in [-0.05, 0) is 0 Å². The van der Waals surface area contributed by atoms with Crippen LogP contribution in [0.25, 0.3) is 0 Å². The van der Waals surface area contributed by atoms with Crippen molar-refractivity contribution in [3.63, 3.8) is 0 Å². The maximum atomic E-state index is 11.2. The molecule has 1 fully saturated rings. The highest BCUT2D eigenvalue weighted by atomic mass is 17.4. The van der Waals surface area contributed by atoms with E-state index in [4.69, 9.17) is 10.2 Å². The second-order valence-corrected chi connectivity index (χ2v) is 3.43. The van der Waals surface area contributed by atoms with Crippen LogP contribution in [-0.4, -0.2) is 74.4 Å². The van der Waals surface area contributed by atoms with E-state index in [0.717, 1.165) is 0 Å². The van der Waals surface area contributed by atoms with Crippen molar-refractivity contribution < 1.29 is 44.9 Å². The molecule has 0 aromatic heterocycles. The average Bonchev–Trinajstić information content (AvgIpc) is 3.17. The van der Waals surface area contributed by atoms with Crippen LogP contribution in [0.3, 0.4) is 0 Å².